The number of rotatable bonds is 2. The Hall–Kier alpha value is -2.40. The monoisotopic (exact) mass is 287 g/mol. The highest BCUT2D eigenvalue weighted by Crippen LogP contribution is 2.07. The van der Waals surface area contributed by atoms with Gasteiger partial charge in [-0.3, -0.25) is 0 Å². The lowest BCUT2D eigenvalue weighted by Gasteiger charge is -2.12. The third-order valence-electron chi connectivity index (χ3n) is 2.99. The molecule has 3 rings (SSSR count). The second-order valence-corrected chi connectivity index (χ2v) is 4.71. The van der Waals surface area contributed by atoms with Gasteiger partial charge in [0.2, 0.25) is 0 Å². The summed E-state index contributed by atoms with van der Waals surface area (Å²) >= 11 is 5.74. The van der Waals surface area contributed by atoms with Crippen molar-refractivity contribution in [3.63, 3.8) is 0 Å². The lowest BCUT2D eigenvalue weighted by Crippen LogP contribution is -2.43. The number of pyridine rings is 2. The van der Waals surface area contributed by atoms with Crippen molar-refractivity contribution in [2.24, 2.45) is 0 Å². The molecule has 20 heavy (non-hydrogen) atoms. The van der Waals surface area contributed by atoms with E-state index < -0.39 is 0 Å². The highest BCUT2D eigenvalue weighted by Gasteiger charge is 2.11. The van der Waals surface area contributed by atoms with Crippen LogP contribution in [0.4, 0.5) is 0 Å². The molecule has 0 fully saturated rings. The van der Waals surface area contributed by atoms with Gasteiger partial charge >= 0.3 is 5.56 Å². The van der Waals surface area contributed by atoms with Crippen LogP contribution in [0.2, 0.25) is 5.15 Å². The summed E-state index contributed by atoms with van der Waals surface area (Å²) < 4.78 is 2.96. The summed E-state index contributed by atoms with van der Waals surface area (Å²) in [5.41, 5.74) is 1.04. The van der Waals surface area contributed by atoms with E-state index in [0.29, 0.717) is 17.3 Å². The van der Waals surface area contributed by atoms with Crippen LogP contribution in [0.1, 0.15) is 5.56 Å². The molecule has 3 aromatic rings. The first-order valence-electron chi connectivity index (χ1n) is 5.97. The summed E-state index contributed by atoms with van der Waals surface area (Å²) in [6, 6.07) is 9.80. The van der Waals surface area contributed by atoms with Crippen molar-refractivity contribution >= 4 is 17.2 Å². The first-order valence-corrected chi connectivity index (χ1v) is 6.34. The standard InChI is InChI=1S/C14H10ClN3O2/c15-11-5-4-10(8-16-11)9-18-12-3-1-2-6-17(12)13(19)7-14(18)20/h1-8H,9H2. The molecule has 0 bridgehead atoms. The van der Waals surface area contributed by atoms with E-state index in [1.165, 1.54) is 8.97 Å². The van der Waals surface area contributed by atoms with E-state index >= 15 is 0 Å². The van der Waals surface area contributed by atoms with Crippen LogP contribution in [0.15, 0.2) is 53.6 Å². The lowest BCUT2D eigenvalue weighted by molar-refractivity contribution is -0.709. The van der Waals surface area contributed by atoms with Crippen molar-refractivity contribution in [2.45, 2.75) is 6.54 Å². The average molecular weight is 288 g/mol. The molecule has 0 N–H and O–H groups in total. The summed E-state index contributed by atoms with van der Waals surface area (Å²) in [5.74, 6) is -0.337. The summed E-state index contributed by atoms with van der Waals surface area (Å²) in [6.07, 6.45) is 3.24. The molecule has 0 atom stereocenters. The number of hydrogen-bond donors (Lipinski definition) is 0. The quantitative estimate of drug-likeness (QED) is 0.516. The zero-order chi connectivity index (χ0) is 14.1. The molecule has 0 amide bonds. The summed E-state index contributed by atoms with van der Waals surface area (Å²) in [4.78, 5) is 15.8. The third kappa shape index (κ3) is 2.23. The number of fused-ring (bicyclic) bond motifs is 1. The maximum atomic E-state index is 12.0. The van der Waals surface area contributed by atoms with E-state index in [1.54, 1.807) is 42.7 Å². The van der Waals surface area contributed by atoms with E-state index in [-0.39, 0.29) is 11.4 Å². The fraction of sp³-hybridized carbons (Fsp3) is 0.0714. The fourth-order valence-corrected chi connectivity index (χ4v) is 2.16. The van der Waals surface area contributed by atoms with E-state index in [1.807, 2.05) is 0 Å². The first kappa shape index (κ1) is 12.6. The van der Waals surface area contributed by atoms with Gasteiger partial charge in [-0.2, -0.15) is 4.40 Å². The Morgan fingerprint density at radius 1 is 1.30 bits per heavy atom. The first-order chi connectivity index (χ1) is 9.65. The highest BCUT2D eigenvalue weighted by molar-refractivity contribution is 6.29. The maximum absolute atomic E-state index is 12.0. The molecule has 0 saturated carbocycles. The van der Waals surface area contributed by atoms with Gasteiger partial charge in [-0.1, -0.05) is 23.7 Å². The van der Waals surface area contributed by atoms with Gasteiger partial charge in [0, 0.05) is 17.8 Å². The van der Waals surface area contributed by atoms with E-state index in [2.05, 4.69) is 4.98 Å². The van der Waals surface area contributed by atoms with Gasteiger partial charge in [0.25, 0.3) is 5.65 Å². The van der Waals surface area contributed by atoms with Crippen molar-refractivity contribution in [2.75, 3.05) is 0 Å². The van der Waals surface area contributed by atoms with Crippen LogP contribution < -0.4 is 15.2 Å². The molecule has 0 aliphatic rings. The zero-order valence-corrected chi connectivity index (χ0v) is 11.1. The maximum Gasteiger partial charge on any atom is 0.341 e. The van der Waals surface area contributed by atoms with Crippen molar-refractivity contribution in [1.82, 2.24) is 9.38 Å². The van der Waals surface area contributed by atoms with E-state index in [0.717, 1.165) is 11.6 Å². The van der Waals surface area contributed by atoms with Gasteiger partial charge in [-0.25, -0.2) is 14.3 Å². The molecular formula is C14H10ClN3O2. The third-order valence-corrected chi connectivity index (χ3v) is 3.22. The van der Waals surface area contributed by atoms with Crippen molar-refractivity contribution < 1.29 is 9.67 Å². The van der Waals surface area contributed by atoms with Crippen molar-refractivity contribution in [3.05, 3.63) is 69.9 Å². The van der Waals surface area contributed by atoms with Crippen molar-refractivity contribution in [3.8, 4) is 5.88 Å². The van der Waals surface area contributed by atoms with Gasteiger partial charge < -0.3 is 5.11 Å². The Balaban J connectivity index is 2.16. The lowest BCUT2D eigenvalue weighted by atomic mass is 10.3. The van der Waals surface area contributed by atoms with Crippen LogP contribution in [0.3, 0.4) is 0 Å². The largest absolute Gasteiger partial charge is 0.842 e. The van der Waals surface area contributed by atoms with Crippen LogP contribution in [0, 0.1) is 0 Å². The molecule has 3 heterocycles. The number of nitrogens with zero attached hydrogens (tertiary/aromatic N) is 3. The molecule has 0 spiro atoms. The number of halogens is 1. The molecule has 0 radical (unpaired) electrons. The average Bonchev–Trinajstić information content (AvgIpc) is 2.45. The van der Waals surface area contributed by atoms with E-state index in [9.17, 15) is 9.90 Å². The Labute approximate surface area is 119 Å². The van der Waals surface area contributed by atoms with Crippen LogP contribution >= 0.6 is 11.6 Å². The molecule has 0 saturated heterocycles. The summed E-state index contributed by atoms with van der Waals surface area (Å²) in [7, 11) is 0. The molecule has 100 valence electrons. The van der Waals surface area contributed by atoms with E-state index in [4.69, 9.17) is 11.6 Å². The molecule has 5 nitrogen and oxygen atoms in total. The molecule has 0 aliphatic heterocycles. The zero-order valence-electron chi connectivity index (χ0n) is 10.4. The number of hydrogen-bond acceptors (Lipinski definition) is 3. The normalized spacial score (nSPS) is 10.8. The smallest absolute Gasteiger partial charge is 0.341 e. The highest BCUT2D eigenvalue weighted by atomic mass is 35.5. The SMILES string of the molecule is O=c1cc([O-])[n+](Cc2ccc(Cl)nc2)c2ccccn12. The predicted octanol–water partition coefficient (Wildman–Crippen LogP) is 0.757. The molecule has 0 aliphatic carbocycles. The Morgan fingerprint density at radius 3 is 2.90 bits per heavy atom. The molecule has 6 heteroatoms. The predicted molar refractivity (Wildman–Crippen MR) is 71.7 cm³/mol. The van der Waals surface area contributed by atoms with Gasteiger partial charge in [0.15, 0.2) is 0 Å². The van der Waals surface area contributed by atoms with Gasteiger partial charge in [-0.05, 0) is 12.1 Å². The van der Waals surface area contributed by atoms with Gasteiger partial charge in [-0.15, -0.1) is 0 Å². The second-order valence-electron chi connectivity index (χ2n) is 4.32. The molecular weight excluding hydrogens is 278 g/mol. The van der Waals surface area contributed by atoms with Crippen LogP contribution in [0.5, 0.6) is 5.88 Å². The molecule has 0 unspecified atom stereocenters. The summed E-state index contributed by atoms with van der Waals surface area (Å²) in [5, 5.41) is 12.4. The Bertz CT molecular complexity index is 828. The fourth-order valence-electron chi connectivity index (χ4n) is 2.05. The minimum Gasteiger partial charge on any atom is -0.842 e. The topological polar surface area (TPSA) is 61.3 Å². The summed E-state index contributed by atoms with van der Waals surface area (Å²) in [6.45, 7) is 0.330. The molecule has 0 aromatic carbocycles. The minimum absolute atomic E-state index is 0.330. The van der Waals surface area contributed by atoms with Crippen LogP contribution in [-0.2, 0) is 6.54 Å². The van der Waals surface area contributed by atoms with Crippen LogP contribution in [0.25, 0.3) is 5.65 Å². The van der Waals surface area contributed by atoms with Gasteiger partial charge in [0.1, 0.15) is 11.7 Å². The van der Waals surface area contributed by atoms with Crippen LogP contribution in [-0.4, -0.2) is 9.38 Å². The van der Waals surface area contributed by atoms with Crippen molar-refractivity contribution in [1.29, 1.82) is 0 Å². The second kappa shape index (κ2) is 4.94. The Kier molecular flexibility index (Phi) is 3.12. The number of aromatic nitrogens is 3. The molecule has 3 aromatic heterocycles. The van der Waals surface area contributed by atoms with Gasteiger partial charge in [0.05, 0.1) is 18.1 Å². The minimum atomic E-state index is -0.337. The Morgan fingerprint density at radius 2 is 2.15 bits per heavy atom.